The summed E-state index contributed by atoms with van der Waals surface area (Å²) in [6, 6.07) is 9.04. The first kappa shape index (κ1) is 17.3. The SMILES string of the molecule is CCCCN(C)C(CN1CCNCC1)c1ccc(OC)cc1. The molecule has 4 nitrogen and oxygen atoms in total. The van der Waals surface area contributed by atoms with Crippen molar-refractivity contribution < 1.29 is 4.74 Å². The average Bonchev–Trinajstić information content (AvgIpc) is 2.58. The van der Waals surface area contributed by atoms with Gasteiger partial charge in [0.1, 0.15) is 5.75 Å². The van der Waals surface area contributed by atoms with E-state index >= 15 is 0 Å². The molecular formula is C18H31N3O. The molecule has 1 aliphatic heterocycles. The van der Waals surface area contributed by atoms with Gasteiger partial charge >= 0.3 is 0 Å². The predicted molar refractivity (Wildman–Crippen MR) is 92.6 cm³/mol. The first-order valence-corrected chi connectivity index (χ1v) is 8.52. The molecule has 22 heavy (non-hydrogen) atoms. The lowest BCUT2D eigenvalue weighted by Gasteiger charge is -2.35. The summed E-state index contributed by atoms with van der Waals surface area (Å²) in [4.78, 5) is 5.08. The second-order valence-corrected chi connectivity index (χ2v) is 6.17. The van der Waals surface area contributed by atoms with E-state index in [-0.39, 0.29) is 0 Å². The third kappa shape index (κ3) is 4.97. The minimum atomic E-state index is 0.454. The second-order valence-electron chi connectivity index (χ2n) is 6.17. The van der Waals surface area contributed by atoms with Gasteiger partial charge in [0.15, 0.2) is 0 Å². The van der Waals surface area contributed by atoms with E-state index in [9.17, 15) is 0 Å². The van der Waals surface area contributed by atoms with Gasteiger partial charge in [0.25, 0.3) is 0 Å². The molecule has 1 heterocycles. The Morgan fingerprint density at radius 1 is 1.23 bits per heavy atom. The minimum absolute atomic E-state index is 0.454. The maximum atomic E-state index is 5.29. The summed E-state index contributed by atoms with van der Waals surface area (Å²) in [7, 11) is 3.98. The fourth-order valence-corrected chi connectivity index (χ4v) is 3.03. The first-order chi connectivity index (χ1) is 10.7. The molecule has 2 rings (SSSR count). The molecular weight excluding hydrogens is 274 g/mol. The number of unbranched alkanes of at least 4 members (excludes halogenated alkanes) is 1. The van der Waals surface area contributed by atoms with Crippen LogP contribution in [0.3, 0.4) is 0 Å². The number of likely N-dealkylation sites (N-methyl/N-ethyl adjacent to an activating group) is 1. The molecule has 0 aliphatic carbocycles. The van der Waals surface area contributed by atoms with E-state index in [4.69, 9.17) is 4.74 Å². The summed E-state index contributed by atoms with van der Waals surface area (Å²) in [6.45, 7) is 9.02. The number of hydrogen-bond acceptors (Lipinski definition) is 4. The molecule has 1 aromatic rings. The molecule has 0 spiro atoms. The summed E-state index contributed by atoms with van der Waals surface area (Å²) in [5, 5.41) is 3.43. The molecule has 1 atom stereocenters. The quantitative estimate of drug-likeness (QED) is 0.798. The van der Waals surface area contributed by atoms with E-state index < -0.39 is 0 Å². The molecule has 0 radical (unpaired) electrons. The van der Waals surface area contributed by atoms with Gasteiger partial charge in [-0.3, -0.25) is 9.80 Å². The topological polar surface area (TPSA) is 27.7 Å². The highest BCUT2D eigenvalue weighted by molar-refractivity contribution is 5.29. The maximum Gasteiger partial charge on any atom is 0.118 e. The second kappa shape index (κ2) is 9.13. The Labute approximate surface area is 135 Å². The monoisotopic (exact) mass is 305 g/mol. The van der Waals surface area contributed by atoms with E-state index in [0.717, 1.165) is 45.0 Å². The number of benzene rings is 1. The van der Waals surface area contributed by atoms with Crippen LogP contribution >= 0.6 is 0 Å². The average molecular weight is 305 g/mol. The van der Waals surface area contributed by atoms with Gasteiger partial charge < -0.3 is 10.1 Å². The molecule has 0 amide bonds. The molecule has 4 heteroatoms. The Morgan fingerprint density at radius 2 is 1.91 bits per heavy atom. The van der Waals surface area contributed by atoms with Crippen molar-refractivity contribution in [1.29, 1.82) is 0 Å². The largest absolute Gasteiger partial charge is 0.497 e. The Morgan fingerprint density at radius 3 is 2.50 bits per heavy atom. The number of ether oxygens (including phenoxy) is 1. The summed E-state index contributed by atoms with van der Waals surface area (Å²) in [6.07, 6.45) is 2.50. The van der Waals surface area contributed by atoms with Gasteiger partial charge in [-0.2, -0.15) is 0 Å². The number of methoxy groups -OCH3 is 1. The molecule has 0 bridgehead atoms. The van der Waals surface area contributed by atoms with Gasteiger partial charge in [-0.05, 0) is 37.7 Å². The normalized spacial score (nSPS) is 17.6. The Bertz CT molecular complexity index is 415. The molecule has 1 N–H and O–H groups in total. The van der Waals surface area contributed by atoms with Crippen LogP contribution in [0.4, 0.5) is 0 Å². The van der Waals surface area contributed by atoms with Crippen LogP contribution in [0.5, 0.6) is 5.75 Å². The van der Waals surface area contributed by atoms with Gasteiger partial charge in [-0.1, -0.05) is 25.5 Å². The van der Waals surface area contributed by atoms with Crippen LogP contribution in [-0.4, -0.2) is 63.2 Å². The molecule has 0 saturated carbocycles. The fourth-order valence-electron chi connectivity index (χ4n) is 3.03. The van der Waals surface area contributed by atoms with Crippen molar-refractivity contribution in [3.63, 3.8) is 0 Å². The molecule has 0 aromatic heterocycles. The van der Waals surface area contributed by atoms with Crippen LogP contribution in [-0.2, 0) is 0 Å². The lowest BCUT2D eigenvalue weighted by Crippen LogP contribution is -2.47. The summed E-state index contributed by atoms with van der Waals surface area (Å²) >= 11 is 0. The van der Waals surface area contributed by atoms with Gasteiger partial charge in [-0.25, -0.2) is 0 Å². The van der Waals surface area contributed by atoms with Gasteiger partial charge in [0, 0.05) is 38.8 Å². The van der Waals surface area contributed by atoms with E-state index in [2.05, 4.69) is 53.4 Å². The zero-order valence-electron chi connectivity index (χ0n) is 14.3. The molecule has 1 fully saturated rings. The van der Waals surface area contributed by atoms with Crippen molar-refractivity contribution >= 4 is 0 Å². The van der Waals surface area contributed by atoms with E-state index in [0.29, 0.717) is 6.04 Å². The third-order valence-electron chi connectivity index (χ3n) is 4.54. The van der Waals surface area contributed by atoms with Crippen LogP contribution in [0.15, 0.2) is 24.3 Å². The van der Waals surface area contributed by atoms with E-state index in [1.807, 2.05) is 0 Å². The number of hydrogen-bond donors (Lipinski definition) is 1. The minimum Gasteiger partial charge on any atom is -0.497 e. The lowest BCUT2D eigenvalue weighted by atomic mass is 10.0. The van der Waals surface area contributed by atoms with Crippen molar-refractivity contribution in [2.45, 2.75) is 25.8 Å². The zero-order chi connectivity index (χ0) is 15.8. The molecule has 1 aliphatic rings. The van der Waals surface area contributed by atoms with Crippen LogP contribution in [0.1, 0.15) is 31.4 Å². The smallest absolute Gasteiger partial charge is 0.118 e. The molecule has 1 unspecified atom stereocenters. The number of nitrogens with one attached hydrogen (secondary N) is 1. The van der Waals surface area contributed by atoms with Crippen LogP contribution in [0.25, 0.3) is 0 Å². The zero-order valence-corrected chi connectivity index (χ0v) is 14.3. The van der Waals surface area contributed by atoms with Gasteiger partial charge in [0.05, 0.1) is 7.11 Å². The molecule has 1 aromatic carbocycles. The highest BCUT2D eigenvalue weighted by Crippen LogP contribution is 2.24. The Balaban J connectivity index is 2.07. The predicted octanol–water partition coefficient (Wildman–Crippen LogP) is 2.37. The molecule has 1 saturated heterocycles. The third-order valence-corrected chi connectivity index (χ3v) is 4.54. The van der Waals surface area contributed by atoms with Crippen LogP contribution in [0.2, 0.25) is 0 Å². The molecule has 124 valence electrons. The van der Waals surface area contributed by atoms with E-state index in [1.54, 1.807) is 7.11 Å². The lowest BCUT2D eigenvalue weighted by molar-refractivity contribution is 0.149. The fraction of sp³-hybridized carbons (Fsp3) is 0.667. The number of piperazine rings is 1. The van der Waals surface area contributed by atoms with Crippen molar-refractivity contribution in [3.05, 3.63) is 29.8 Å². The Hall–Kier alpha value is -1.10. The highest BCUT2D eigenvalue weighted by atomic mass is 16.5. The Kier molecular flexibility index (Phi) is 7.16. The van der Waals surface area contributed by atoms with Gasteiger partial charge in [0.2, 0.25) is 0 Å². The van der Waals surface area contributed by atoms with Crippen molar-refractivity contribution in [2.24, 2.45) is 0 Å². The van der Waals surface area contributed by atoms with Crippen molar-refractivity contribution in [2.75, 3.05) is 53.4 Å². The summed E-state index contributed by atoms with van der Waals surface area (Å²) in [5.74, 6) is 0.931. The van der Waals surface area contributed by atoms with Crippen LogP contribution in [0, 0.1) is 0 Å². The van der Waals surface area contributed by atoms with Crippen LogP contribution < -0.4 is 10.1 Å². The van der Waals surface area contributed by atoms with E-state index in [1.165, 1.54) is 18.4 Å². The summed E-state index contributed by atoms with van der Waals surface area (Å²) < 4.78 is 5.29. The van der Waals surface area contributed by atoms with Crippen molar-refractivity contribution in [3.8, 4) is 5.75 Å². The standard InChI is InChI=1S/C18H31N3O/c1-4-5-12-20(2)18(15-21-13-10-19-11-14-21)16-6-8-17(22-3)9-7-16/h6-9,18-19H,4-5,10-15H2,1-3H3. The van der Waals surface area contributed by atoms with Gasteiger partial charge in [-0.15, -0.1) is 0 Å². The maximum absolute atomic E-state index is 5.29. The first-order valence-electron chi connectivity index (χ1n) is 8.52. The highest BCUT2D eigenvalue weighted by Gasteiger charge is 2.21. The summed E-state index contributed by atoms with van der Waals surface area (Å²) in [5.41, 5.74) is 1.39. The number of nitrogens with zero attached hydrogens (tertiary/aromatic N) is 2. The van der Waals surface area contributed by atoms with Crippen molar-refractivity contribution in [1.82, 2.24) is 15.1 Å². The number of rotatable bonds is 8.